The molecular formula is C13H11N3. The SMILES string of the molecule is Nc1ccc2nc3cc(N)ccc3cc2c1. The normalized spacial score (nSPS) is 11.0. The minimum atomic E-state index is 0.731. The monoisotopic (exact) mass is 209 g/mol. The Kier molecular flexibility index (Phi) is 1.74. The van der Waals surface area contributed by atoms with E-state index in [9.17, 15) is 0 Å². The highest BCUT2D eigenvalue weighted by Gasteiger charge is 2.00. The Bertz CT molecular complexity index is 628. The largest absolute Gasteiger partial charge is 0.399 e. The van der Waals surface area contributed by atoms with Crippen LogP contribution in [0, 0.1) is 0 Å². The van der Waals surface area contributed by atoms with Gasteiger partial charge in [-0.25, -0.2) is 4.98 Å². The lowest BCUT2D eigenvalue weighted by Crippen LogP contribution is -1.88. The van der Waals surface area contributed by atoms with Gasteiger partial charge in [-0.15, -0.1) is 0 Å². The maximum absolute atomic E-state index is 5.74. The Morgan fingerprint density at radius 2 is 1.44 bits per heavy atom. The van der Waals surface area contributed by atoms with Crippen LogP contribution in [0.4, 0.5) is 11.4 Å². The van der Waals surface area contributed by atoms with Gasteiger partial charge in [-0.3, -0.25) is 0 Å². The van der Waals surface area contributed by atoms with Gasteiger partial charge in [-0.1, -0.05) is 6.07 Å². The van der Waals surface area contributed by atoms with Crippen LogP contribution in [0.1, 0.15) is 0 Å². The molecule has 78 valence electrons. The number of nitrogens with zero attached hydrogens (tertiary/aromatic N) is 1. The van der Waals surface area contributed by atoms with E-state index in [0.717, 1.165) is 33.2 Å². The minimum absolute atomic E-state index is 0.731. The first-order valence-electron chi connectivity index (χ1n) is 5.08. The first-order valence-corrected chi connectivity index (χ1v) is 5.08. The van der Waals surface area contributed by atoms with Gasteiger partial charge in [-0.2, -0.15) is 0 Å². The summed E-state index contributed by atoms with van der Waals surface area (Å²) in [5, 5.41) is 2.13. The van der Waals surface area contributed by atoms with Gasteiger partial charge in [0.05, 0.1) is 11.0 Å². The summed E-state index contributed by atoms with van der Waals surface area (Å²) in [4.78, 5) is 4.54. The van der Waals surface area contributed by atoms with E-state index in [0.29, 0.717) is 0 Å². The summed E-state index contributed by atoms with van der Waals surface area (Å²) in [5.41, 5.74) is 14.8. The van der Waals surface area contributed by atoms with E-state index >= 15 is 0 Å². The Hall–Kier alpha value is -2.29. The smallest absolute Gasteiger partial charge is 0.0730 e. The van der Waals surface area contributed by atoms with E-state index in [1.54, 1.807) is 0 Å². The number of fused-ring (bicyclic) bond motifs is 2. The molecule has 0 aliphatic rings. The van der Waals surface area contributed by atoms with Gasteiger partial charge < -0.3 is 11.5 Å². The summed E-state index contributed by atoms with van der Waals surface area (Å²) in [6.07, 6.45) is 0. The average Bonchev–Trinajstić information content (AvgIpc) is 2.26. The predicted molar refractivity (Wildman–Crippen MR) is 68.1 cm³/mol. The lowest BCUT2D eigenvalue weighted by Gasteiger charge is -2.03. The van der Waals surface area contributed by atoms with Crippen molar-refractivity contribution in [3.63, 3.8) is 0 Å². The van der Waals surface area contributed by atoms with Crippen LogP contribution in [-0.2, 0) is 0 Å². The van der Waals surface area contributed by atoms with Gasteiger partial charge in [0.15, 0.2) is 0 Å². The van der Waals surface area contributed by atoms with Crippen molar-refractivity contribution in [2.45, 2.75) is 0 Å². The maximum atomic E-state index is 5.74. The molecule has 0 aliphatic heterocycles. The fourth-order valence-corrected chi connectivity index (χ4v) is 1.87. The number of pyridine rings is 1. The molecule has 4 N–H and O–H groups in total. The summed E-state index contributed by atoms with van der Waals surface area (Å²) in [6, 6.07) is 13.5. The quantitative estimate of drug-likeness (QED) is 0.441. The van der Waals surface area contributed by atoms with Gasteiger partial charge in [0, 0.05) is 22.1 Å². The van der Waals surface area contributed by atoms with Gasteiger partial charge in [-0.05, 0) is 36.4 Å². The van der Waals surface area contributed by atoms with E-state index in [4.69, 9.17) is 11.5 Å². The molecule has 3 aromatic rings. The Balaban J connectivity index is 2.44. The Labute approximate surface area is 92.7 Å². The Morgan fingerprint density at radius 3 is 2.31 bits per heavy atom. The van der Waals surface area contributed by atoms with Crippen molar-refractivity contribution in [3.8, 4) is 0 Å². The van der Waals surface area contributed by atoms with Crippen LogP contribution in [0.25, 0.3) is 21.8 Å². The van der Waals surface area contributed by atoms with E-state index in [2.05, 4.69) is 11.1 Å². The molecule has 3 heteroatoms. The molecule has 0 radical (unpaired) electrons. The zero-order chi connectivity index (χ0) is 11.1. The van der Waals surface area contributed by atoms with Crippen LogP contribution < -0.4 is 11.5 Å². The van der Waals surface area contributed by atoms with Crippen LogP contribution in [0.15, 0.2) is 42.5 Å². The van der Waals surface area contributed by atoms with Crippen LogP contribution >= 0.6 is 0 Å². The summed E-state index contributed by atoms with van der Waals surface area (Å²) < 4.78 is 0. The van der Waals surface area contributed by atoms with E-state index in [1.807, 2.05) is 36.4 Å². The van der Waals surface area contributed by atoms with Gasteiger partial charge in [0.2, 0.25) is 0 Å². The number of nitrogens with two attached hydrogens (primary N) is 2. The fourth-order valence-electron chi connectivity index (χ4n) is 1.87. The molecular weight excluding hydrogens is 198 g/mol. The molecule has 0 aliphatic carbocycles. The van der Waals surface area contributed by atoms with Crippen molar-refractivity contribution in [1.29, 1.82) is 0 Å². The highest BCUT2D eigenvalue weighted by atomic mass is 14.7. The minimum Gasteiger partial charge on any atom is -0.399 e. The Morgan fingerprint density at radius 1 is 0.688 bits per heavy atom. The summed E-state index contributed by atoms with van der Waals surface area (Å²) >= 11 is 0. The highest BCUT2D eigenvalue weighted by molar-refractivity contribution is 5.94. The molecule has 0 bridgehead atoms. The molecule has 0 amide bonds. The lowest BCUT2D eigenvalue weighted by atomic mass is 10.1. The molecule has 3 nitrogen and oxygen atoms in total. The van der Waals surface area contributed by atoms with Crippen molar-refractivity contribution >= 4 is 33.2 Å². The molecule has 0 atom stereocenters. The number of hydrogen-bond acceptors (Lipinski definition) is 3. The van der Waals surface area contributed by atoms with Crippen molar-refractivity contribution < 1.29 is 0 Å². The molecule has 0 fully saturated rings. The molecule has 0 saturated carbocycles. The number of hydrogen-bond donors (Lipinski definition) is 2. The lowest BCUT2D eigenvalue weighted by molar-refractivity contribution is 1.50. The zero-order valence-corrected chi connectivity index (χ0v) is 8.64. The van der Waals surface area contributed by atoms with E-state index < -0.39 is 0 Å². The van der Waals surface area contributed by atoms with Gasteiger partial charge in [0.25, 0.3) is 0 Å². The van der Waals surface area contributed by atoms with Crippen molar-refractivity contribution in [3.05, 3.63) is 42.5 Å². The zero-order valence-electron chi connectivity index (χ0n) is 8.64. The standard InChI is InChI=1S/C13H11N3/c14-10-3-4-12-9(6-10)5-8-1-2-11(15)7-13(8)16-12/h1-7H,14-15H2. The maximum Gasteiger partial charge on any atom is 0.0730 e. The molecule has 0 spiro atoms. The molecule has 2 aromatic carbocycles. The molecule has 1 aromatic heterocycles. The van der Waals surface area contributed by atoms with E-state index in [-0.39, 0.29) is 0 Å². The third kappa shape index (κ3) is 1.34. The third-order valence-corrected chi connectivity index (χ3v) is 2.66. The molecule has 16 heavy (non-hydrogen) atoms. The topological polar surface area (TPSA) is 64.9 Å². The fraction of sp³-hybridized carbons (Fsp3) is 0. The second kappa shape index (κ2) is 3.10. The van der Waals surface area contributed by atoms with Crippen LogP contribution in [0.3, 0.4) is 0 Å². The summed E-state index contributed by atoms with van der Waals surface area (Å²) in [7, 11) is 0. The van der Waals surface area contributed by atoms with Crippen LogP contribution in [-0.4, -0.2) is 4.98 Å². The molecule has 0 unspecified atom stereocenters. The van der Waals surface area contributed by atoms with Gasteiger partial charge >= 0.3 is 0 Å². The molecule has 3 rings (SSSR count). The van der Waals surface area contributed by atoms with Crippen LogP contribution in [0.2, 0.25) is 0 Å². The number of aromatic nitrogens is 1. The first-order chi connectivity index (χ1) is 7.72. The summed E-state index contributed by atoms with van der Waals surface area (Å²) in [6.45, 7) is 0. The van der Waals surface area contributed by atoms with Gasteiger partial charge in [0.1, 0.15) is 0 Å². The second-order valence-electron chi connectivity index (χ2n) is 3.89. The first kappa shape index (κ1) is 8.97. The third-order valence-electron chi connectivity index (χ3n) is 2.66. The van der Waals surface area contributed by atoms with Crippen LogP contribution in [0.5, 0.6) is 0 Å². The van der Waals surface area contributed by atoms with Crippen molar-refractivity contribution in [1.82, 2.24) is 4.98 Å². The molecule has 0 saturated heterocycles. The molecule has 1 heterocycles. The second-order valence-corrected chi connectivity index (χ2v) is 3.89. The van der Waals surface area contributed by atoms with E-state index in [1.165, 1.54) is 0 Å². The predicted octanol–water partition coefficient (Wildman–Crippen LogP) is 2.55. The van der Waals surface area contributed by atoms with Crippen molar-refractivity contribution in [2.75, 3.05) is 11.5 Å². The number of benzene rings is 2. The highest BCUT2D eigenvalue weighted by Crippen LogP contribution is 2.22. The average molecular weight is 209 g/mol. The number of nitrogen functional groups attached to an aromatic ring is 2. The van der Waals surface area contributed by atoms with Crippen molar-refractivity contribution in [2.24, 2.45) is 0 Å². The number of anilines is 2. The summed E-state index contributed by atoms with van der Waals surface area (Å²) in [5.74, 6) is 0. The number of rotatable bonds is 0.